The van der Waals surface area contributed by atoms with Crippen molar-refractivity contribution in [3.63, 3.8) is 0 Å². The van der Waals surface area contributed by atoms with E-state index in [1.165, 1.54) is 0 Å². The predicted octanol–water partition coefficient (Wildman–Crippen LogP) is 0.560. The summed E-state index contributed by atoms with van der Waals surface area (Å²) < 4.78 is 11.4. The minimum Gasteiger partial charge on any atom is -0.493 e. The van der Waals surface area contributed by atoms with Crippen LogP contribution in [-0.4, -0.2) is 76.0 Å². The van der Waals surface area contributed by atoms with Crippen molar-refractivity contribution in [2.45, 2.75) is 6.04 Å². The van der Waals surface area contributed by atoms with E-state index in [0.29, 0.717) is 25.4 Å². The van der Waals surface area contributed by atoms with Crippen LogP contribution < -0.4 is 15.2 Å². The SMILES string of the molecule is COc1cccc(C(CN)N(C)CCO)c1OCCN(C)C. The summed E-state index contributed by atoms with van der Waals surface area (Å²) in [5.41, 5.74) is 6.93. The molecule has 1 rings (SSSR count). The van der Waals surface area contributed by atoms with Gasteiger partial charge in [0, 0.05) is 25.2 Å². The van der Waals surface area contributed by atoms with Crippen molar-refractivity contribution in [2.75, 3.05) is 61.1 Å². The van der Waals surface area contributed by atoms with Crippen molar-refractivity contribution in [3.05, 3.63) is 23.8 Å². The molecule has 0 aromatic heterocycles. The van der Waals surface area contributed by atoms with Crippen LogP contribution in [0, 0.1) is 0 Å². The highest BCUT2D eigenvalue weighted by Crippen LogP contribution is 2.36. The Kier molecular flexibility index (Phi) is 8.19. The largest absolute Gasteiger partial charge is 0.493 e. The molecule has 0 aliphatic heterocycles. The Morgan fingerprint density at radius 3 is 2.50 bits per heavy atom. The Balaban J connectivity index is 3.05. The monoisotopic (exact) mass is 311 g/mol. The lowest BCUT2D eigenvalue weighted by Crippen LogP contribution is -2.33. The molecule has 0 saturated heterocycles. The van der Waals surface area contributed by atoms with E-state index in [9.17, 15) is 0 Å². The molecule has 1 aromatic rings. The molecule has 3 N–H and O–H groups in total. The van der Waals surface area contributed by atoms with Crippen molar-refractivity contribution in [1.82, 2.24) is 9.80 Å². The second-order valence-corrected chi connectivity index (χ2v) is 5.49. The van der Waals surface area contributed by atoms with Gasteiger partial charge in [-0.2, -0.15) is 0 Å². The quantitative estimate of drug-likeness (QED) is 0.658. The molecule has 0 bridgehead atoms. The van der Waals surface area contributed by atoms with Gasteiger partial charge in [-0.3, -0.25) is 4.90 Å². The number of rotatable bonds is 10. The van der Waals surface area contributed by atoms with E-state index in [1.54, 1.807) is 7.11 Å². The number of likely N-dealkylation sites (N-methyl/N-ethyl adjacent to an activating group) is 2. The second kappa shape index (κ2) is 9.63. The second-order valence-electron chi connectivity index (χ2n) is 5.49. The van der Waals surface area contributed by atoms with E-state index < -0.39 is 0 Å². The average molecular weight is 311 g/mol. The Morgan fingerprint density at radius 1 is 1.23 bits per heavy atom. The van der Waals surface area contributed by atoms with Gasteiger partial charge in [0.1, 0.15) is 6.61 Å². The number of methoxy groups -OCH3 is 1. The minimum absolute atomic E-state index is 0.0309. The zero-order chi connectivity index (χ0) is 16.5. The molecule has 6 heteroatoms. The van der Waals surface area contributed by atoms with E-state index in [-0.39, 0.29) is 12.6 Å². The molecular weight excluding hydrogens is 282 g/mol. The Labute approximate surface area is 133 Å². The van der Waals surface area contributed by atoms with Gasteiger partial charge in [-0.15, -0.1) is 0 Å². The van der Waals surface area contributed by atoms with Gasteiger partial charge in [0.15, 0.2) is 11.5 Å². The molecule has 1 unspecified atom stereocenters. The summed E-state index contributed by atoms with van der Waals surface area (Å²) >= 11 is 0. The molecule has 22 heavy (non-hydrogen) atoms. The first-order valence-corrected chi connectivity index (χ1v) is 7.50. The lowest BCUT2D eigenvalue weighted by atomic mass is 10.0. The molecular formula is C16H29N3O3. The van der Waals surface area contributed by atoms with Crippen LogP contribution in [0.3, 0.4) is 0 Å². The predicted molar refractivity (Wildman–Crippen MR) is 88.6 cm³/mol. The lowest BCUT2D eigenvalue weighted by molar-refractivity contribution is 0.178. The maximum Gasteiger partial charge on any atom is 0.166 e. The first-order chi connectivity index (χ1) is 10.5. The van der Waals surface area contributed by atoms with Gasteiger partial charge in [-0.05, 0) is 27.2 Å². The maximum atomic E-state index is 9.16. The van der Waals surface area contributed by atoms with Gasteiger partial charge >= 0.3 is 0 Å². The highest BCUT2D eigenvalue weighted by Gasteiger charge is 2.22. The molecule has 0 fully saturated rings. The van der Waals surface area contributed by atoms with Crippen LogP contribution in [0.25, 0.3) is 0 Å². The smallest absolute Gasteiger partial charge is 0.166 e. The molecule has 0 radical (unpaired) electrons. The Hall–Kier alpha value is -1.34. The van der Waals surface area contributed by atoms with E-state index in [2.05, 4.69) is 4.90 Å². The minimum atomic E-state index is -0.0309. The van der Waals surface area contributed by atoms with Crippen molar-refractivity contribution >= 4 is 0 Å². The van der Waals surface area contributed by atoms with Crippen LogP contribution in [0.1, 0.15) is 11.6 Å². The third-order valence-electron chi connectivity index (χ3n) is 3.58. The fourth-order valence-corrected chi connectivity index (χ4v) is 2.30. The van der Waals surface area contributed by atoms with Crippen LogP contribution in [0.5, 0.6) is 11.5 Å². The number of hydrogen-bond donors (Lipinski definition) is 2. The van der Waals surface area contributed by atoms with E-state index >= 15 is 0 Å². The molecule has 0 amide bonds. The normalized spacial score (nSPS) is 12.7. The number of nitrogens with two attached hydrogens (primary N) is 1. The third kappa shape index (κ3) is 5.14. The Bertz CT molecular complexity index is 441. The maximum absolute atomic E-state index is 9.16. The van der Waals surface area contributed by atoms with Crippen molar-refractivity contribution in [2.24, 2.45) is 5.73 Å². The van der Waals surface area contributed by atoms with Crippen molar-refractivity contribution in [1.29, 1.82) is 0 Å². The van der Waals surface area contributed by atoms with Crippen LogP contribution in [0.2, 0.25) is 0 Å². The number of ether oxygens (including phenoxy) is 2. The van der Waals surface area contributed by atoms with E-state index in [1.807, 2.05) is 44.2 Å². The van der Waals surface area contributed by atoms with Gasteiger partial charge in [0.05, 0.1) is 19.8 Å². The summed E-state index contributed by atoms with van der Waals surface area (Å²) in [5, 5.41) is 9.16. The first kappa shape index (κ1) is 18.7. The molecule has 0 aliphatic rings. The first-order valence-electron chi connectivity index (χ1n) is 7.50. The topological polar surface area (TPSA) is 71.2 Å². The number of aliphatic hydroxyl groups excluding tert-OH is 1. The summed E-state index contributed by atoms with van der Waals surface area (Å²) in [4.78, 5) is 4.08. The van der Waals surface area contributed by atoms with Gasteiger partial charge in [0.25, 0.3) is 0 Å². The van der Waals surface area contributed by atoms with Crippen LogP contribution in [0.4, 0.5) is 0 Å². The standard InChI is InChI=1S/C16H29N3O3/c1-18(2)9-11-22-16-13(6-5-7-15(16)21-4)14(12-17)19(3)8-10-20/h5-7,14,20H,8-12,17H2,1-4H3. The van der Waals surface area contributed by atoms with Gasteiger partial charge in [-0.25, -0.2) is 0 Å². The van der Waals surface area contributed by atoms with Gasteiger partial charge < -0.3 is 25.2 Å². The average Bonchev–Trinajstić information content (AvgIpc) is 2.49. The summed E-state index contributed by atoms with van der Waals surface area (Å²) in [5.74, 6) is 1.43. The highest BCUT2D eigenvalue weighted by molar-refractivity contribution is 5.48. The number of hydrogen-bond acceptors (Lipinski definition) is 6. The summed E-state index contributed by atoms with van der Waals surface area (Å²) in [6, 6.07) is 5.78. The number of nitrogens with zero attached hydrogens (tertiary/aromatic N) is 2. The Morgan fingerprint density at radius 2 is 1.95 bits per heavy atom. The number of benzene rings is 1. The summed E-state index contributed by atoms with van der Waals surface area (Å²) in [6.07, 6.45) is 0. The van der Waals surface area contributed by atoms with Crippen LogP contribution in [0.15, 0.2) is 18.2 Å². The fraction of sp³-hybridized carbons (Fsp3) is 0.625. The van der Waals surface area contributed by atoms with Gasteiger partial charge in [-0.1, -0.05) is 12.1 Å². The van der Waals surface area contributed by atoms with Gasteiger partial charge in [0.2, 0.25) is 0 Å². The summed E-state index contributed by atoms with van der Waals surface area (Å²) in [7, 11) is 7.58. The lowest BCUT2D eigenvalue weighted by Gasteiger charge is -2.29. The summed E-state index contributed by atoms with van der Waals surface area (Å²) in [6.45, 7) is 2.47. The molecule has 126 valence electrons. The van der Waals surface area contributed by atoms with Crippen molar-refractivity contribution in [3.8, 4) is 11.5 Å². The van der Waals surface area contributed by atoms with Crippen LogP contribution >= 0.6 is 0 Å². The molecule has 1 atom stereocenters. The van der Waals surface area contributed by atoms with E-state index in [4.69, 9.17) is 20.3 Å². The molecule has 0 aliphatic carbocycles. The van der Waals surface area contributed by atoms with E-state index in [0.717, 1.165) is 17.9 Å². The number of aliphatic hydroxyl groups is 1. The van der Waals surface area contributed by atoms with Crippen molar-refractivity contribution < 1.29 is 14.6 Å². The third-order valence-corrected chi connectivity index (χ3v) is 3.58. The molecule has 0 spiro atoms. The fourth-order valence-electron chi connectivity index (χ4n) is 2.30. The van der Waals surface area contributed by atoms with Crippen LogP contribution in [-0.2, 0) is 0 Å². The number of para-hydroxylation sites is 1. The zero-order valence-corrected chi connectivity index (χ0v) is 14.1. The zero-order valence-electron chi connectivity index (χ0n) is 14.1. The molecule has 6 nitrogen and oxygen atoms in total. The highest BCUT2D eigenvalue weighted by atomic mass is 16.5. The molecule has 1 aromatic carbocycles. The molecule has 0 heterocycles. The molecule has 0 saturated carbocycles.